The number of hydrazone groups is 1. The maximum Gasteiger partial charge on any atom is 0.174 e. The van der Waals surface area contributed by atoms with Gasteiger partial charge in [0.15, 0.2) is 17.3 Å². The molecule has 0 aliphatic heterocycles. The van der Waals surface area contributed by atoms with E-state index in [1.807, 2.05) is 55.5 Å². The Kier molecular flexibility index (Phi) is 8.41. The molecule has 1 aromatic heterocycles. The zero-order valence-electron chi connectivity index (χ0n) is 18.1. The Bertz CT molecular complexity index is 1140. The van der Waals surface area contributed by atoms with E-state index < -0.39 is 0 Å². The smallest absolute Gasteiger partial charge is 0.174 e. The average molecular weight is 542 g/mol. The Labute approximate surface area is 201 Å². The van der Waals surface area contributed by atoms with E-state index in [9.17, 15) is 5.26 Å². The SMILES string of the molecule is COCc1cc(C)nc(N/N=C/c2cc(I)c(OCc3ccccc3)c(OC)c2)c1C#N. The monoisotopic (exact) mass is 542 g/mol. The van der Waals surface area contributed by atoms with Crippen LogP contribution in [-0.2, 0) is 18.0 Å². The van der Waals surface area contributed by atoms with Gasteiger partial charge in [-0.05, 0) is 58.8 Å². The second-order valence-corrected chi connectivity index (χ2v) is 8.03. The molecule has 32 heavy (non-hydrogen) atoms. The first kappa shape index (κ1) is 23.5. The van der Waals surface area contributed by atoms with Crippen molar-refractivity contribution in [2.45, 2.75) is 20.1 Å². The van der Waals surface area contributed by atoms with E-state index in [-0.39, 0.29) is 0 Å². The highest BCUT2D eigenvalue weighted by Crippen LogP contribution is 2.34. The molecule has 0 fully saturated rings. The van der Waals surface area contributed by atoms with Crippen molar-refractivity contribution in [3.8, 4) is 17.6 Å². The van der Waals surface area contributed by atoms with E-state index >= 15 is 0 Å². The summed E-state index contributed by atoms with van der Waals surface area (Å²) in [5.74, 6) is 1.68. The molecule has 164 valence electrons. The van der Waals surface area contributed by atoms with Crippen LogP contribution in [0.15, 0.2) is 53.6 Å². The summed E-state index contributed by atoms with van der Waals surface area (Å²) in [6, 6.07) is 17.7. The van der Waals surface area contributed by atoms with Gasteiger partial charge in [-0.2, -0.15) is 10.4 Å². The number of nitrogens with zero attached hydrogens (tertiary/aromatic N) is 3. The van der Waals surface area contributed by atoms with Crippen LogP contribution in [0.5, 0.6) is 11.5 Å². The molecule has 0 saturated heterocycles. The van der Waals surface area contributed by atoms with Crippen LogP contribution in [0, 0.1) is 21.8 Å². The van der Waals surface area contributed by atoms with Gasteiger partial charge < -0.3 is 14.2 Å². The van der Waals surface area contributed by atoms with Gasteiger partial charge in [-0.15, -0.1) is 0 Å². The minimum atomic E-state index is 0.324. The van der Waals surface area contributed by atoms with Crippen molar-refractivity contribution < 1.29 is 14.2 Å². The molecular formula is C24H23IN4O3. The van der Waals surface area contributed by atoms with Crippen molar-refractivity contribution in [1.29, 1.82) is 5.26 Å². The number of halogens is 1. The standard InChI is InChI=1S/C24H23IN4O3/c1-16-9-19(15-30-2)20(12-26)24(28-16)29-27-13-18-10-21(25)23(22(11-18)31-3)32-14-17-7-5-4-6-8-17/h4-11,13H,14-15H2,1-3H3,(H,28,29)/b27-13+. The first-order valence-electron chi connectivity index (χ1n) is 9.78. The fraction of sp³-hybridized carbons (Fsp3) is 0.208. The molecule has 1 heterocycles. The molecule has 8 heteroatoms. The number of nitriles is 1. The summed E-state index contributed by atoms with van der Waals surface area (Å²) >= 11 is 2.21. The Hall–Kier alpha value is -3.16. The van der Waals surface area contributed by atoms with Gasteiger partial charge in [0, 0.05) is 18.4 Å². The highest BCUT2D eigenvalue weighted by molar-refractivity contribution is 14.1. The molecule has 0 unspecified atom stereocenters. The Morgan fingerprint density at radius 3 is 2.62 bits per heavy atom. The zero-order chi connectivity index (χ0) is 22.9. The van der Waals surface area contributed by atoms with Crippen LogP contribution in [0.25, 0.3) is 0 Å². The molecule has 2 aromatic carbocycles. The minimum absolute atomic E-state index is 0.324. The van der Waals surface area contributed by atoms with E-state index in [1.165, 1.54) is 0 Å². The number of ether oxygens (including phenoxy) is 3. The van der Waals surface area contributed by atoms with E-state index in [0.717, 1.165) is 26.0 Å². The number of rotatable bonds is 9. The highest BCUT2D eigenvalue weighted by Gasteiger charge is 2.13. The van der Waals surface area contributed by atoms with Gasteiger partial charge in [-0.1, -0.05) is 30.3 Å². The van der Waals surface area contributed by atoms with Crippen LogP contribution in [0.3, 0.4) is 0 Å². The van der Waals surface area contributed by atoms with Crippen molar-refractivity contribution in [3.63, 3.8) is 0 Å². The van der Waals surface area contributed by atoms with Crippen LogP contribution in [0.1, 0.15) is 27.9 Å². The first-order chi connectivity index (χ1) is 15.5. The maximum atomic E-state index is 9.53. The van der Waals surface area contributed by atoms with E-state index in [4.69, 9.17) is 14.2 Å². The lowest BCUT2D eigenvalue weighted by Gasteiger charge is -2.13. The maximum absolute atomic E-state index is 9.53. The van der Waals surface area contributed by atoms with Crippen molar-refractivity contribution in [2.75, 3.05) is 19.6 Å². The fourth-order valence-electron chi connectivity index (χ4n) is 3.07. The van der Waals surface area contributed by atoms with Crippen molar-refractivity contribution in [2.24, 2.45) is 5.10 Å². The summed E-state index contributed by atoms with van der Waals surface area (Å²) in [5, 5.41) is 13.8. The molecule has 3 aromatic rings. The summed E-state index contributed by atoms with van der Waals surface area (Å²) in [5.41, 5.74) is 6.70. The van der Waals surface area contributed by atoms with Gasteiger partial charge in [0.05, 0.1) is 23.5 Å². The van der Waals surface area contributed by atoms with Gasteiger partial charge in [0.2, 0.25) is 0 Å². The highest BCUT2D eigenvalue weighted by atomic mass is 127. The number of pyridine rings is 1. The van der Waals surface area contributed by atoms with Crippen LogP contribution >= 0.6 is 22.6 Å². The number of hydrogen-bond donors (Lipinski definition) is 1. The minimum Gasteiger partial charge on any atom is -0.493 e. The number of hydrogen-bond acceptors (Lipinski definition) is 7. The molecule has 0 spiro atoms. The normalized spacial score (nSPS) is 10.7. The number of methoxy groups -OCH3 is 2. The van der Waals surface area contributed by atoms with E-state index in [0.29, 0.717) is 36.1 Å². The van der Waals surface area contributed by atoms with Crippen molar-refractivity contribution in [1.82, 2.24) is 4.98 Å². The van der Waals surface area contributed by atoms with Crippen LogP contribution in [0.4, 0.5) is 5.82 Å². The molecule has 0 aliphatic rings. The summed E-state index contributed by atoms with van der Waals surface area (Å²) in [7, 11) is 3.19. The third-order valence-electron chi connectivity index (χ3n) is 4.50. The van der Waals surface area contributed by atoms with Gasteiger partial charge in [-0.25, -0.2) is 4.98 Å². The largest absolute Gasteiger partial charge is 0.493 e. The van der Waals surface area contributed by atoms with Crippen LogP contribution in [0.2, 0.25) is 0 Å². The van der Waals surface area contributed by atoms with E-state index in [2.05, 4.69) is 44.2 Å². The number of aromatic nitrogens is 1. The quantitative estimate of drug-likeness (QED) is 0.232. The predicted molar refractivity (Wildman–Crippen MR) is 132 cm³/mol. The molecule has 7 nitrogen and oxygen atoms in total. The summed E-state index contributed by atoms with van der Waals surface area (Å²) in [4.78, 5) is 4.39. The fourth-order valence-corrected chi connectivity index (χ4v) is 3.85. The average Bonchev–Trinajstić information content (AvgIpc) is 2.79. The molecule has 0 radical (unpaired) electrons. The van der Waals surface area contributed by atoms with Crippen molar-refractivity contribution >= 4 is 34.6 Å². The van der Waals surface area contributed by atoms with Gasteiger partial charge in [0.25, 0.3) is 0 Å². The molecule has 0 amide bonds. The lowest BCUT2D eigenvalue weighted by Crippen LogP contribution is -2.04. The van der Waals surface area contributed by atoms with Gasteiger partial charge in [0.1, 0.15) is 18.2 Å². The number of anilines is 1. The van der Waals surface area contributed by atoms with Gasteiger partial charge >= 0.3 is 0 Å². The Morgan fingerprint density at radius 1 is 1.16 bits per heavy atom. The second-order valence-electron chi connectivity index (χ2n) is 6.87. The Balaban J connectivity index is 1.78. The predicted octanol–water partition coefficient (Wildman–Crippen LogP) is 5.05. The topological polar surface area (TPSA) is 88.8 Å². The molecule has 1 N–H and O–H groups in total. The number of benzene rings is 2. The molecule has 0 aliphatic carbocycles. The van der Waals surface area contributed by atoms with Gasteiger partial charge in [-0.3, -0.25) is 5.43 Å². The number of aryl methyl sites for hydroxylation is 1. The molecule has 0 bridgehead atoms. The molecule has 3 rings (SSSR count). The van der Waals surface area contributed by atoms with Crippen LogP contribution in [-0.4, -0.2) is 25.4 Å². The first-order valence-corrected chi connectivity index (χ1v) is 10.9. The second kappa shape index (κ2) is 11.5. The zero-order valence-corrected chi connectivity index (χ0v) is 20.2. The van der Waals surface area contributed by atoms with Crippen molar-refractivity contribution in [3.05, 3.63) is 80.0 Å². The number of nitrogens with one attached hydrogen (secondary N) is 1. The third kappa shape index (κ3) is 5.96. The molecule has 0 atom stereocenters. The molecule has 0 saturated carbocycles. The summed E-state index contributed by atoms with van der Waals surface area (Å²) < 4.78 is 17.6. The lowest BCUT2D eigenvalue weighted by molar-refractivity contribution is 0.184. The third-order valence-corrected chi connectivity index (χ3v) is 5.30. The van der Waals surface area contributed by atoms with E-state index in [1.54, 1.807) is 20.4 Å². The summed E-state index contributed by atoms with van der Waals surface area (Å²) in [6.07, 6.45) is 1.65. The lowest BCUT2D eigenvalue weighted by atomic mass is 10.1. The Morgan fingerprint density at radius 2 is 1.94 bits per heavy atom. The van der Waals surface area contributed by atoms with Crippen LogP contribution < -0.4 is 14.9 Å². The summed E-state index contributed by atoms with van der Waals surface area (Å²) in [6.45, 7) is 2.63. The molecular weight excluding hydrogens is 519 g/mol.